The number of hydrogen-bond donors (Lipinski definition) is 1. The number of likely N-dealkylation sites (tertiary alicyclic amines) is 1. The molecule has 1 heterocycles. The molecule has 142 valence electrons. The Labute approximate surface area is 161 Å². The molecule has 2 aliphatic rings. The topological polar surface area (TPSA) is 41.6 Å². The lowest BCUT2D eigenvalue weighted by atomic mass is 10.0. The quantitative estimate of drug-likeness (QED) is 0.811. The van der Waals surface area contributed by atoms with E-state index in [9.17, 15) is 4.79 Å². The Hall–Kier alpha value is -2.33. The minimum atomic E-state index is 0.145. The summed E-state index contributed by atoms with van der Waals surface area (Å²) in [4.78, 5) is 14.7. The van der Waals surface area contributed by atoms with Crippen LogP contribution in [0.1, 0.15) is 41.6 Å². The van der Waals surface area contributed by atoms with Crippen molar-refractivity contribution < 1.29 is 9.53 Å². The number of amides is 1. The number of benzene rings is 2. The van der Waals surface area contributed by atoms with Crippen LogP contribution < -0.4 is 10.1 Å². The van der Waals surface area contributed by atoms with Gasteiger partial charge in [-0.2, -0.15) is 0 Å². The van der Waals surface area contributed by atoms with E-state index in [0.717, 1.165) is 55.3 Å². The van der Waals surface area contributed by atoms with Gasteiger partial charge < -0.3 is 15.0 Å². The lowest BCUT2D eigenvalue weighted by Gasteiger charge is -2.32. The van der Waals surface area contributed by atoms with E-state index in [4.69, 9.17) is 4.74 Å². The van der Waals surface area contributed by atoms with Gasteiger partial charge in [0.05, 0.1) is 0 Å². The zero-order valence-electron chi connectivity index (χ0n) is 15.8. The molecule has 0 bridgehead atoms. The Balaban J connectivity index is 1.25. The second kappa shape index (κ2) is 8.57. The second-order valence-corrected chi connectivity index (χ2v) is 7.72. The average molecular weight is 364 g/mol. The van der Waals surface area contributed by atoms with Crippen LogP contribution >= 0.6 is 0 Å². The highest BCUT2D eigenvalue weighted by Gasteiger charge is 2.26. The Morgan fingerprint density at radius 3 is 2.33 bits per heavy atom. The molecule has 1 N–H and O–H groups in total. The van der Waals surface area contributed by atoms with Crippen molar-refractivity contribution in [3.8, 4) is 5.75 Å². The van der Waals surface area contributed by atoms with Crippen molar-refractivity contribution in [1.82, 2.24) is 10.2 Å². The molecule has 0 spiro atoms. The molecule has 0 unspecified atom stereocenters. The Morgan fingerprint density at radius 1 is 0.963 bits per heavy atom. The predicted octanol–water partition coefficient (Wildman–Crippen LogP) is 3.87. The van der Waals surface area contributed by atoms with E-state index >= 15 is 0 Å². The molecular weight excluding hydrogens is 336 g/mol. The second-order valence-electron chi connectivity index (χ2n) is 7.72. The van der Waals surface area contributed by atoms with Crippen LogP contribution in [0, 0.1) is 5.92 Å². The van der Waals surface area contributed by atoms with Crippen LogP contribution in [0.2, 0.25) is 0 Å². The molecule has 2 aromatic rings. The van der Waals surface area contributed by atoms with Crippen LogP contribution in [0.4, 0.5) is 0 Å². The molecule has 0 aromatic heterocycles. The minimum absolute atomic E-state index is 0.145. The van der Waals surface area contributed by atoms with Crippen LogP contribution in [0.5, 0.6) is 5.75 Å². The maximum Gasteiger partial charge on any atom is 0.253 e. The standard InChI is InChI=1S/C23H28N2O2/c26-23(25-14-12-21(13-15-25)24-16-18-6-7-18)20-10-8-19(9-11-20)17-27-22-4-2-1-3-5-22/h1-5,8-11,18,21,24H,6-7,12-17H2. The van der Waals surface area contributed by atoms with E-state index < -0.39 is 0 Å². The van der Waals surface area contributed by atoms with Gasteiger partial charge in [-0.05, 0) is 68.0 Å². The fraction of sp³-hybridized carbons (Fsp3) is 0.435. The number of carbonyl (C=O) groups is 1. The molecule has 2 aromatic carbocycles. The van der Waals surface area contributed by atoms with Crippen molar-refractivity contribution in [2.45, 2.75) is 38.3 Å². The first-order chi connectivity index (χ1) is 13.3. The normalized spacial score (nSPS) is 17.7. The third-order valence-electron chi connectivity index (χ3n) is 5.52. The monoisotopic (exact) mass is 364 g/mol. The summed E-state index contributed by atoms with van der Waals surface area (Å²) >= 11 is 0. The number of hydrogen-bond acceptors (Lipinski definition) is 3. The summed E-state index contributed by atoms with van der Waals surface area (Å²) in [7, 11) is 0. The van der Waals surface area contributed by atoms with Gasteiger partial charge in [-0.25, -0.2) is 0 Å². The number of nitrogens with zero attached hydrogens (tertiary/aromatic N) is 1. The molecule has 1 amide bonds. The van der Waals surface area contributed by atoms with Gasteiger partial charge in [-0.15, -0.1) is 0 Å². The largest absolute Gasteiger partial charge is 0.489 e. The predicted molar refractivity (Wildman–Crippen MR) is 107 cm³/mol. The van der Waals surface area contributed by atoms with Gasteiger partial charge in [-0.1, -0.05) is 30.3 Å². The summed E-state index contributed by atoms with van der Waals surface area (Å²) in [5.41, 5.74) is 1.83. The minimum Gasteiger partial charge on any atom is -0.489 e. The maximum atomic E-state index is 12.7. The van der Waals surface area contributed by atoms with Crippen LogP contribution in [-0.2, 0) is 6.61 Å². The number of para-hydroxylation sites is 1. The highest BCUT2D eigenvalue weighted by molar-refractivity contribution is 5.94. The smallest absolute Gasteiger partial charge is 0.253 e. The molecule has 0 radical (unpaired) electrons. The number of carbonyl (C=O) groups excluding carboxylic acids is 1. The first-order valence-corrected chi connectivity index (χ1v) is 10.1. The molecule has 1 aliphatic heterocycles. The molecule has 1 aliphatic carbocycles. The lowest BCUT2D eigenvalue weighted by Crippen LogP contribution is -2.45. The summed E-state index contributed by atoms with van der Waals surface area (Å²) < 4.78 is 5.76. The van der Waals surface area contributed by atoms with Crippen LogP contribution in [0.15, 0.2) is 54.6 Å². The van der Waals surface area contributed by atoms with Crippen molar-refractivity contribution in [3.05, 3.63) is 65.7 Å². The molecule has 0 atom stereocenters. The summed E-state index contributed by atoms with van der Waals surface area (Å²) in [5, 5.41) is 3.67. The molecular formula is C23H28N2O2. The Bertz CT molecular complexity index is 733. The van der Waals surface area contributed by atoms with E-state index in [2.05, 4.69) is 5.32 Å². The van der Waals surface area contributed by atoms with Crippen LogP contribution in [0.3, 0.4) is 0 Å². The zero-order valence-corrected chi connectivity index (χ0v) is 15.8. The average Bonchev–Trinajstić information content (AvgIpc) is 3.56. The summed E-state index contributed by atoms with van der Waals surface area (Å²) in [6, 6.07) is 18.2. The van der Waals surface area contributed by atoms with Gasteiger partial charge in [0.2, 0.25) is 0 Å². The van der Waals surface area contributed by atoms with Crippen LogP contribution in [0.25, 0.3) is 0 Å². The fourth-order valence-corrected chi connectivity index (χ4v) is 3.55. The lowest BCUT2D eigenvalue weighted by molar-refractivity contribution is 0.0705. The van der Waals surface area contributed by atoms with Crippen molar-refractivity contribution in [2.24, 2.45) is 5.92 Å². The molecule has 27 heavy (non-hydrogen) atoms. The van der Waals surface area contributed by atoms with Gasteiger partial charge in [-0.3, -0.25) is 4.79 Å². The van der Waals surface area contributed by atoms with Gasteiger partial charge in [0.15, 0.2) is 0 Å². The number of ether oxygens (including phenoxy) is 1. The summed E-state index contributed by atoms with van der Waals surface area (Å²) in [6.45, 7) is 3.36. The number of piperidine rings is 1. The van der Waals surface area contributed by atoms with Crippen molar-refractivity contribution >= 4 is 5.91 Å². The highest BCUT2D eigenvalue weighted by Crippen LogP contribution is 2.28. The molecule has 1 saturated heterocycles. The number of rotatable bonds is 7. The first-order valence-electron chi connectivity index (χ1n) is 10.1. The third kappa shape index (κ3) is 5.10. The van der Waals surface area contributed by atoms with E-state index in [1.165, 1.54) is 12.8 Å². The van der Waals surface area contributed by atoms with Gasteiger partial charge >= 0.3 is 0 Å². The number of nitrogens with one attached hydrogen (secondary N) is 1. The van der Waals surface area contributed by atoms with Crippen molar-refractivity contribution in [1.29, 1.82) is 0 Å². The highest BCUT2D eigenvalue weighted by atomic mass is 16.5. The van der Waals surface area contributed by atoms with Crippen molar-refractivity contribution in [3.63, 3.8) is 0 Å². The zero-order chi connectivity index (χ0) is 18.5. The molecule has 4 rings (SSSR count). The molecule has 4 nitrogen and oxygen atoms in total. The van der Waals surface area contributed by atoms with Gasteiger partial charge in [0, 0.05) is 24.7 Å². The summed E-state index contributed by atoms with van der Waals surface area (Å²) in [6.07, 6.45) is 4.89. The summed E-state index contributed by atoms with van der Waals surface area (Å²) in [5.74, 6) is 1.91. The third-order valence-corrected chi connectivity index (χ3v) is 5.52. The van der Waals surface area contributed by atoms with Crippen LogP contribution in [-0.4, -0.2) is 36.5 Å². The van der Waals surface area contributed by atoms with Gasteiger partial charge in [0.25, 0.3) is 5.91 Å². The maximum absolute atomic E-state index is 12.7. The van der Waals surface area contributed by atoms with Crippen molar-refractivity contribution in [2.75, 3.05) is 19.6 Å². The Kier molecular flexibility index (Phi) is 5.73. The molecule has 1 saturated carbocycles. The first kappa shape index (κ1) is 18.1. The van der Waals surface area contributed by atoms with Gasteiger partial charge in [0.1, 0.15) is 12.4 Å². The van der Waals surface area contributed by atoms with E-state index in [0.29, 0.717) is 12.6 Å². The molecule has 4 heteroatoms. The van der Waals surface area contributed by atoms with E-state index in [1.54, 1.807) is 0 Å². The molecule has 2 fully saturated rings. The fourth-order valence-electron chi connectivity index (χ4n) is 3.55. The van der Waals surface area contributed by atoms with E-state index in [1.807, 2.05) is 59.5 Å². The SMILES string of the molecule is O=C(c1ccc(COc2ccccc2)cc1)N1CCC(NCC2CC2)CC1. The Morgan fingerprint density at radius 2 is 1.67 bits per heavy atom. The van der Waals surface area contributed by atoms with E-state index in [-0.39, 0.29) is 5.91 Å².